The minimum atomic E-state index is -1.33. The molecule has 0 aliphatic carbocycles. The van der Waals surface area contributed by atoms with Crippen LogP contribution >= 0.6 is 11.6 Å². The molecule has 1 aromatic carbocycles. The average Bonchev–Trinajstić information content (AvgIpc) is 3.29. The molecule has 2 atom stereocenters. The van der Waals surface area contributed by atoms with Gasteiger partial charge in [-0.1, -0.05) is 29.8 Å². The summed E-state index contributed by atoms with van der Waals surface area (Å²) in [6, 6.07) is 9.20. The molecule has 3 aromatic rings. The van der Waals surface area contributed by atoms with Gasteiger partial charge >= 0.3 is 0 Å². The Balaban J connectivity index is 1.57. The van der Waals surface area contributed by atoms with Gasteiger partial charge in [-0.05, 0) is 30.7 Å². The molecule has 4 rings (SSSR count). The second kappa shape index (κ2) is 8.58. The summed E-state index contributed by atoms with van der Waals surface area (Å²) in [5, 5.41) is 3.41. The predicted octanol–water partition coefficient (Wildman–Crippen LogP) is 2.67. The van der Waals surface area contributed by atoms with Crippen LogP contribution in [0.3, 0.4) is 0 Å². The number of amides is 3. The Morgan fingerprint density at radius 2 is 2.06 bits per heavy atom. The van der Waals surface area contributed by atoms with Crippen LogP contribution in [0.5, 0.6) is 0 Å². The number of aromatic nitrogens is 2. The van der Waals surface area contributed by atoms with Gasteiger partial charge in [-0.2, -0.15) is 0 Å². The summed E-state index contributed by atoms with van der Waals surface area (Å²) in [6.45, 7) is 1.53. The van der Waals surface area contributed by atoms with Gasteiger partial charge in [-0.3, -0.25) is 14.4 Å². The number of alkyl halides is 1. The Morgan fingerprint density at radius 1 is 1.28 bits per heavy atom. The first-order chi connectivity index (χ1) is 15.2. The maximum absolute atomic E-state index is 14.2. The van der Waals surface area contributed by atoms with E-state index in [1.54, 1.807) is 28.8 Å². The van der Waals surface area contributed by atoms with Gasteiger partial charge in [0.05, 0.1) is 12.1 Å². The number of nitrogens with one attached hydrogen (secondary N) is 1. The van der Waals surface area contributed by atoms with Crippen LogP contribution in [0.25, 0.3) is 10.9 Å². The largest absolute Gasteiger partial charge is 0.366 e. The Kier molecular flexibility index (Phi) is 5.84. The van der Waals surface area contributed by atoms with Crippen LogP contribution in [0.4, 0.5) is 10.2 Å². The highest BCUT2D eigenvalue weighted by Gasteiger charge is 2.40. The molecular weight excluding hydrogens is 437 g/mol. The van der Waals surface area contributed by atoms with Crippen molar-refractivity contribution in [3.63, 3.8) is 0 Å². The Labute approximate surface area is 188 Å². The number of anilines is 1. The van der Waals surface area contributed by atoms with E-state index in [0.29, 0.717) is 16.5 Å². The van der Waals surface area contributed by atoms with Crippen LogP contribution in [0.2, 0.25) is 5.15 Å². The van der Waals surface area contributed by atoms with E-state index in [9.17, 15) is 18.8 Å². The third-order valence-electron chi connectivity index (χ3n) is 5.45. The minimum Gasteiger partial charge on any atom is -0.366 e. The Hall–Kier alpha value is -3.46. The fraction of sp³-hybridized carbons (Fsp3) is 0.273. The highest BCUT2D eigenvalue weighted by atomic mass is 35.5. The molecule has 166 valence electrons. The fourth-order valence-corrected chi connectivity index (χ4v) is 4.13. The summed E-state index contributed by atoms with van der Waals surface area (Å²) in [5.74, 6) is -1.38. The third kappa shape index (κ3) is 4.29. The zero-order valence-electron chi connectivity index (χ0n) is 17.2. The lowest BCUT2D eigenvalue weighted by Crippen LogP contribution is -2.44. The molecule has 1 fully saturated rings. The molecule has 0 unspecified atom stereocenters. The van der Waals surface area contributed by atoms with Gasteiger partial charge < -0.3 is 20.5 Å². The van der Waals surface area contributed by atoms with Crippen LogP contribution in [-0.4, -0.2) is 50.9 Å². The number of halogens is 2. The van der Waals surface area contributed by atoms with Crippen molar-refractivity contribution in [3.8, 4) is 0 Å². The van der Waals surface area contributed by atoms with Gasteiger partial charge in [0, 0.05) is 23.5 Å². The molecule has 2 aromatic heterocycles. The van der Waals surface area contributed by atoms with Crippen LogP contribution in [-0.2, 0) is 16.1 Å². The van der Waals surface area contributed by atoms with E-state index < -0.39 is 29.9 Å². The first kappa shape index (κ1) is 21.8. The summed E-state index contributed by atoms with van der Waals surface area (Å²) >= 11 is 5.84. The molecule has 1 aliphatic rings. The van der Waals surface area contributed by atoms with E-state index in [0.717, 1.165) is 5.56 Å². The molecule has 3 amide bonds. The van der Waals surface area contributed by atoms with E-state index in [1.165, 1.54) is 11.1 Å². The summed E-state index contributed by atoms with van der Waals surface area (Å²) in [6.07, 6.45) is 0.0703. The van der Waals surface area contributed by atoms with Crippen LogP contribution in [0, 0.1) is 6.92 Å². The molecule has 3 heterocycles. The third-order valence-corrected chi connectivity index (χ3v) is 5.66. The normalized spacial score (nSPS) is 18.2. The van der Waals surface area contributed by atoms with Gasteiger partial charge in [0.2, 0.25) is 11.8 Å². The zero-order valence-corrected chi connectivity index (χ0v) is 18.0. The first-order valence-electron chi connectivity index (χ1n) is 9.99. The predicted molar refractivity (Wildman–Crippen MR) is 118 cm³/mol. The number of hydrogen-bond acceptors (Lipinski definition) is 4. The van der Waals surface area contributed by atoms with Crippen molar-refractivity contribution in [2.24, 2.45) is 5.73 Å². The molecule has 32 heavy (non-hydrogen) atoms. The SMILES string of the molecule is Cc1ccc2c(C(N)=O)cn(CC(=O)N3C[C@H](F)C[C@H]3C(=O)Nc3cccc(Cl)n3)c2c1. The number of aryl methyl sites for hydroxylation is 1. The lowest BCUT2D eigenvalue weighted by atomic mass is 10.1. The maximum Gasteiger partial charge on any atom is 0.250 e. The average molecular weight is 458 g/mol. The first-order valence-corrected chi connectivity index (χ1v) is 10.4. The summed E-state index contributed by atoms with van der Waals surface area (Å²) in [4.78, 5) is 42.9. The van der Waals surface area contributed by atoms with Gasteiger partial charge in [0.25, 0.3) is 5.91 Å². The summed E-state index contributed by atoms with van der Waals surface area (Å²) in [7, 11) is 0. The molecule has 10 heteroatoms. The van der Waals surface area contributed by atoms with Crippen molar-refractivity contribution in [2.45, 2.75) is 32.1 Å². The number of carbonyl (C=O) groups excluding carboxylic acids is 3. The zero-order chi connectivity index (χ0) is 23.0. The maximum atomic E-state index is 14.2. The van der Waals surface area contributed by atoms with Crippen molar-refractivity contribution >= 4 is 46.0 Å². The molecule has 1 saturated heterocycles. The second-order valence-electron chi connectivity index (χ2n) is 7.79. The van der Waals surface area contributed by atoms with Gasteiger partial charge in [0.1, 0.15) is 29.7 Å². The van der Waals surface area contributed by atoms with Crippen LogP contribution in [0.15, 0.2) is 42.6 Å². The standard InChI is InChI=1S/C22H21ClFN5O3/c1-12-5-6-14-15(21(25)31)10-28(16(14)7-12)11-20(30)29-9-13(24)8-17(29)22(32)27-19-4-2-3-18(23)26-19/h2-7,10,13,17H,8-9,11H2,1H3,(H2,25,31)(H,26,27,32)/t13-,17+/m1/s1. The molecule has 0 saturated carbocycles. The number of nitrogens with zero attached hydrogens (tertiary/aromatic N) is 3. The minimum absolute atomic E-state index is 0.115. The van der Waals surface area contributed by atoms with E-state index in [-0.39, 0.29) is 30.5 Å². The van der Waals surface area contributed by atoms with Gasteiger partial charge in [-0.15, -0.1) is 0 Å². The van der Waals surface area contributed by atoms with Crippen LogP contribution in [0.1, 0.15) is 22.3 Å². The fourth-order valence-electron chi connectivity index (χ4n) is 3.96. The lowest BCUT2D eigenvalue weighted by molar-refractivity contribution is -0.137. The van der Waals surface area contributed by atoms with Crippen LogP contribution < -0.4 is 11.1 Å². The summed E-state index contributed by atoms with van der Waals surface area (Å²) < 4.78 is 15.8. The van der Waals surface area contributed by atoms with Crippen molar-refractivity contribution < 1.29 is 18.8 Å². The number of hydrogen-bond donors (Lipinski definition) is 2. The second-order valence-corrected chi connectivity index (χ2v) is 8.17. The van der Waals surface area contributed by atoms with E-state index in [2.05, 4.69) is 10.3 Å². The van der Waals surface area contributed by atoms with E-state index >= 15 is 0 Å². The molecule has 0 spiro atoms. The summed E-state index contributed by atoms with van der Waals surface area (Å²) in [5.41, 5.74) is 7.37. The van der Waals surface area contributed by atoms with Crippen molar-refractivity contribution in [1.82, 2.24) is 14.5 Å². The van der Waals surface area contributed by atoms with Gasteiger partial charge in [-0.25, -0.2) is 9.37 Å². The molecule has 1 aliphatic heterocycles. The number of benzene rings is 1. The van der Waals surface area contributed by atoms with E-state index in [1.807, 2.05) is 19.1 Å². The molecule has 3 N–H and O–H groups in total. The lowest BCUT2D eigenvalue weighted by Gasteiger charge is -2.24. The number of primary amides is 1. The number of rotatable bonds is 5. The Morgan fingerprint density at radius 3 is 2.78 bits per heavy atom. The smallest absolute Gasteiger partial charge is 0.250 e. The quantitative estimate of drug-likeness (QED) is 0.574. The van der Waals surface area contributed by atoms with Crippen molar-refractivity contribution in [1.29, 1.82) is 0 Å². The number of carbonyl (C=O) groups is 3. The number of fused-ring (bicyclic) bond motifs is 1. The topological polar surface area (TPSA) is 110 Å². The Bertz CT molecular complexity index is 1230. The number of nitrogens with two attached hydrogens (primary N) is 1. The monoisotopic (exact) mass is 457 g/mol. The highest BCUT2D eigenvalue weighted by Crippen LogP contribution is 2.26. The molecular formula is C22H21ClFN5O3. The highest BCUT2D eigenvalue weighted by molar-refractivity contribution is 6.29. The van der Waals surface area contributed by atoms with Crippen molar-refractivity contribution in [2.75, 3.05) is 11.9 Å². The molecule has 0 bridgehead atoms. The van der Waals surface area contributed by atoms with E-state index in [4.69, 9.17) is 17.3 Å². The molecule has 0 radical (unpaired) electrons. The number of likely N-dealkylation sites (tertiary alicyclic amines) is 1. The molecule has 8 nitrogen and oxygen atoms in total. The van der Waals surface area contributed by atoms with Gasteiger partial charge in [0.15, 0.2) is 0 Å². The number of pyridine rings is 1. The van der Waals surface area contributed by atoms with Crippen molar-refractivity contribution in [3.05, 3.63) is 58.9 Å².